The van der Waals surface area contributed by atoms with Crippen molar-refractivity contribution < 1.29 is 4.79 Å². The lowest BCUT2D eigenvalue weighted by Crippen LogP contribution is -2.37. The van der Waals surface area contributed by atoms with Crippen molar-refractivity contribution in [2.24, 2.45) is 0 Å². The fraction of sp³-hybridized carbons (Fsp3) is 0.407. The highest BCUT2D eigenvalue weighted by atomic mass is 35.5. The van der Waals surface area contributed by atoms with Crippen LogP contribution in [0.1, 0.15) is 58.9 Å². The molecule has 0 saturated carbocycles. The molecule has 8 heteroatoms. The molecule has 3 aromatic rings. The Labute approximate surface area is 225 Å². The average molecular weight is 540 g/mol. The maximum atomic E-state index is 10.1. The highest BCUT2D eigenvalue weighted by molar-refractivity contribution is 6.35. The molecule has 35 heavy (non-hydrogen) atoms. The quantitative estimate of drug-likeness (QED) is 0.169. The maximum absolute atomic E-state index is 10.1. The Bertz CT molecular complexity index is 1010. The molecule has 192 valence electrons. The van der Waals surface area contributed by atoms with Crippen LogP contribution in [0.2, 0.25) is 15.1 Å². The van der Waals surface area contributed by atoms with Gasteiger partial charge in [0.2, 0.25) is 6.41 Å². The molecule has 0 saturated heterocycles. The van der Waals surface area contributed by atoms with E-state index in [2.05, 4.69) is 31.3 Å². The van der Waals surface area contributed by atoms with Gasteiger partial charge in [-0.2, -0.15) is 5.10 Å². The van der Waals surface area contributed by atoms with Crippen LogP contribution < -0.4 is 5.43 Å². The van der Waals surface area contributed by atoms with Crippen molar-refractivity contribution in [3.63, 3.8) is 0 Å². The first-order valence-electron chi connectivity index (χ1n) is 12.0. The average Bonchev–Trinajstić information content (AvgIpc) is 3.21. The SMILES string of the molecule is CCC.CCCCCN(CC)NC=O.Cc1cnn(-c2ccc(Cl)cc2Cl)c1-c1ccc(Cl)cc1. The summed E-state index contributed by atoms with van der Waals surface area (Å²) in [7, 11) is 0. The molecule has 0 atom stereocenters. The van der Waals surface area contributed by atoms with Gasteiger partial charge in [-0.05, 0) is 49.2 Å². The Morgan fingerprint density at radius 3 is 2.14 bits per heavy atom. The fourth-order valence-corrected chi connectivity index (χ4v) is 3.78. The van der Waals surface area contributed by atoms with Crippen LogP contribution in [0.15, 0.2) is 48.7 Å². The molecular weight excluding hydrogens is 503 g/mol. The number of nitrogens with one attached hydrogen (secondary N) is 1. The molecule has 3 rings (SSSR count). The molecule has 2 aromatic carbocycles. The lowest BCUT2D eigenvalue weighted by molar-refractivity contribution is -0.113. The van der Waals surface area contributed by atoms with E-state index in [0.29, 0.717) is 15.1 Å². The first-order valence-corrected chi connectivity index (χ1v) is 13.2. The number of hydrogen-bond donors (Lipinski definition) is 1. The molecule has 0 radical (unpaired) electrons. The first-order chi connectivity index (χ1) is 16.8. The minimum Gasteiger partial charge on any atom is -0.292 e. The third-order valence-electron chi connectivity index (χ3n) is 4.86. The zero-order chi connectivity index (χ0) is 26.2. The van der Waals surface area contributed by atoms with Gasteiger partial charge in [-0.3, -0.25) is 10.2 Å². The molecular formula is C27H37Cl3N4O. The van der Waals surface area contributed by atoms with Crippen LogP contribution in [0, 0.1) is 6.92 Å². The van der Waals surface area contributed by atoms with Crippen LogP contribution in [0.3, 0.4) is 0 Å². The Kier molecular flexibility index (Phi) is 15.4. The Balaban J connectivity index is 0.000000371. The summed E-state index contributed by atoms with van der Waals surface area (Å²) in [4.78, 5) is 10.1. The number of benzene rings is 2. The summed E-state index contributed by atoms with van der Waals surface area (Å²) in [6.07, 6.45) is 7.41. The Morgan fingerprint density at radius 1 is 0.971 bits per heavy atom. The predicted octanol–water partition coefficient (Wildman–Crippen LogP) is 8.38. The molecule has 0 aliphatic carbocycles. The van der Waals surface area contributed by atoms with Crippen LogP contribution in [0.25, 0.3) is 16.9 Å². The Morgan fingerprint density at radius 2 is 1.60 bits per heavy atom. The van der Waals surface area contributed by atoms with Gasteiger partial charge >= 0.3 is 0 Å². The second-order valence-corrected chi connectivity index (χ2v) is 9.21. The largest absolute Gasteiger partial charge is 0.292 e. The van der Waals surface area contributed by atoms with Gasteiger partial charge in [0.05, 0.1) is 22.6 Å². The molecule has 0 aliphatic heterocycles. The summed E-state index contributed by atoms with van der Waals surface area (Å²) in [6, 6.07) is 13.0. The number of unbranched alkanes of at least 4 members (excludes halogenated alkanes) is 2. The summed E-state index contributed by atoms with van der Waals surface area (Å²) in [6.45, 7) is 12.3. The van der Waals surface area contributed by atoms with E-state index >= 15 is 0 Å². The molecule has 1 aromatic heterocycles. The maximum Gasteiger partial charge on any atom is 0.221 e. The van der Waals surface area contributed by atoms with Crippen LogP contribution in [-0.2, 0) is 4.79 Å². The van der Waals surface area contributed by atoms with E-state index in [0.717, 1.165) is 48.4 Å². The van der Waals surface area contributed by atoms with E-state index in [-0.39, 0.29) is 0 Å². The predicted molar refractivity (Wildman–Crippen MR) is 151 cm³/mol. The van der Waals surface area contributed by atoms with Gasteiger partial charge in [0.1, 0.15) is 0 Å². The van der Waals surface area contributed by atoms with Crippen molar-refractivity contribution in [1.82, 2.24) is 20.2 Å². The zero-order valence-electron chi connectivity index (χ0n) is 21.3. The van der Waals surface area contributed by atoms with Crippen molar-refractivity contribution >= 4 is 41.2 Å². The van der Waals surface area contributed by atoms with E-state index in [1.807, 2.05) is 60.1 Å². The van der Waals surface area contributed by atoms with Gasteiger partial charge in [-0.1, -0.05) is 93.9 Å². The molecule has 1 amide bonds. The number of aromatic nitrogens is 2. The number of amides is 1. The van der Waals surface area contributed by atoms with Gasteiger partial charge in [0.15, 0.2) is 0 Å². The molecule has 0 fully saturated rings. The Hall–Kier alpha value is -2.05. The topological polar surface area (TPSA) is 50.2 Å². The standard InChI is InChI=1S/C16H11Cl3N2.C8H18N2O.C3H8/c1-10-9-20-21(15-7-6-13(18)8-14(15)19)16(10)11-2-4-12(17)5-3-11;1-3-5-6-7-10(4-2)9-8-11;1-3-2/h2-9H,1H3;8H,3-7H2,1-2H3,(H,9,11);3H2,1-2H3. The van der Waals surface area contributed by atoms with Crippen LogP contribution >= 0.6 is 34.8 Å². The van der Waals surface area contributed by atoms with Crippen molar-refractivity contribution in [1.29, 1.82) is 0 Å². The van der Waals surface area contributed by atoms with Crippen molar-refractivity contribution in [3.8, 4) is 16.9 Å². The number of carbonyl (C=O) groups excluding carboxylic acids is 1. The summed E-state index contributed by atoms with van der Waals surface area (Å²) < 4.78 is 1.82. The van der Waals surface area contributed by atoms with Gasteiger partial charge in [0, 0.05) is 28.7 Å². The van der Waals surface area contributed by atoms with Gasteiger partial charge < -0.3 is 0 Å². The number of aryl methyl sites for hydroxylation is 1. The lowest BCUT2D eigenvalue weighted by atomic mass is 10.1. The van der Waals surface area contributed by atoms with E-state index < -0.39 is 0 Å². The number of hydrazine groups is 1. The highest BCUT2D eigenvalue weighted by Gasteiger charge is 2.14. The van der Waals surface area contributed by atoms with Crippen molar-refractivity contribution in [3.05, 3.63) is 69.3 Å². The van der Waals surface area contributed by atoms with Crippen molar-refractivity contribution in [2.75, 3.05) is 13.1 Å². The summed E-state index contributed by atoms with van der Waals surface area (Å²) in [5.74, 6) is 0. The van der Waals surface area contributed by atoms with Crippen LogP contribution in [-0.4, -0.2) is 34.3 Å². The number of rotatable bonds is 9. The molecule has 0 bridgehead atoms. The second-order valence-electron chi connectivity index (χ2n) is 7.93. The second kappa shape index (κ2) is 17.4. The van der Waals surface area contributed by atoms with E-state index in [1.54, 1.807) is 12.1 Å². The van der Waals surface area contributed by atoms with E-state index in [9.17, 15) is 4.79 Å². The van der Waals surface area contributed by atoms with Crippen LogP contribution in [0.4, 0.5) is 0 Å². The van der Waals surface area contributed by atoms with Gasteiger partial charge in [0.25, 0.3) is 0 Å². The molecule has 0 unspecified atom stereocenters. The minimum absolute atomic E-state index is 0.556. The number of nitrogens with zero attached hydrogens (tertiary/aromatic N) is 3. The first kappa shape index (κ1) is 31.0. The van der Waals surface area contributed by atoms with E-state index in [4.69, 9.17) is 34.8 Å². The monoisotopic (exact) mass is 538 g/mol. The molecule has 0 aliphatic rings. The zero-order valence-corrected chi connectivity index (χ0v) is 23.6. The molecule has 0 spiro atoms. The van der Waals surface area contributed by atoms with Crippen LogP contribution in [0.5, 0.6) is 0 Å². The number of hydrogen-bond acceptors (Lipinski definition) is 3. The number of carbonyl (C=O) groups is 1. The molecule has 1 heterocycles. The molecule has 5 nitrogen and oxygen atoms in total. The summed E-state index contributed by atoms with van der Waals surface area (Å²) in [5.41, 5.74) is 6.50. The fourth-order valence-electron chi connectivity index (χ4n) is 3.16. The van der Waals surface area contributed by atoms with Gasteiger partial charge in [-0.15, -0.1) is 0 Å². The summed E-state index contributed by atoms with van der Waals surface area (Å²) >= 11 is 18.2. The normalized spacial score (nSPS) is 10.2. The third-order valence-corrected chi connectivity index (χ3v) is 5.65. The molecule has 1 N–H and O–H groups in total. The smallest absolute Gasteiger partial charge is 0.221 e. The minimum atomic E-state index is 0.556. The lowest BCUT2D eigenvalue weighted by Gasteiger charge is -2.17. The number of halogens is 3. The van der Waals surface area contributed by atoms with Crippen molar-refractivity contribution in [2.45, 2.75) is 60.3 Å². The van der Waals surface area contributed by atoms with E-state index in [1.165, 1.54) is 19.3 Å². The summed E-state index contributed by atoms with van der Waals surface area (Å²) in [5, 5.41) is 8.21. The van der Waals surface area contributed by atoms with Gasteiger partial charge in [-0.25, -0.2) is 9.69 Å². The highest BCUT2D eigenvalue weighted by Crippen LogP contribution is 2.31. The third kappa shape index (κ3) is 10.6.